The van der Waals surface area contributed by atoms with Crippen LogP contribution in [0.1, 0.15) is 77.6 Å². The Morgan fingerprint density at radius 2 is 1.11 bits per heavy atom. The van der Waals surface area contributed by atoms with Crippen LogP contribution in [0.3, 0.4) is 0 Å². The van der Waals surface area contributed by atoms with Crippen molar-refractivity contribution in [1.82, 2.24) is 10.2 Å². The van der Waals surface area contributed by atoms with Crippen molar-refractivity contribution < 1.29 is 0 Å². The fourth-order valence-electron chi connectivity index (χ4n) is 2.34. The van der Waals surface area contributed by atoms with Crippen LogP contribution in [0, 0.1) is 0 Å². The Hall–Kier alpha value is -0.0800. The van der Waals surface area contributed by atoms with Crippen LogP contribution in [0.4, 0.5) is 0 Å². The largest absolute Gasteiger partial charge is 0.315 e. The summed E-state index contributed by atoms with van der Waals surface area (Å²) < 4.78 is 0. The molecule has 0 fully saturated rings. The van der Waals surface area contributed by atoms with Crippen molar-refractivity contribution in [2.45, 2.75) is 77.6 Å². The SMILES string of the molecule is CCCCCCCCCCCCCNCCN(C)C. The normalized spacial score (nSPS) is 11.4. The Balaban J connectivity index is 2.91. The van der Waals surface area contributed by atoms with Gasteiger partial charge in [-0.05, 0) is 27.1 Å². The fraction of sp³-hybridized carbons (Fsp3) is 1.00. The molecule has 116 valence electrons. The zero-order chi connectivity index (χ0) is 14.2. The van der Waals surface area contributed by atoms with Crippen LogP contribution in [0.15, 0.2) is 0 Å². The molecule has 0 spiro atoms. The molecular formula is C17H38N2. The van der Waals surface area contributed by atoms with Gasteiger partial charge in [0.15, 0.2) is 0 Å². The third kappa shape index (κ3) is 17.9. The first kappa shape index (κ1) is 18.9. The highest BCUT2D eigenvalue weighted by atomic mass is 15.1. The molecule has 0 aliphatic carbocycles. The highest BCUT2D eigenvalue weighted by Crippen LogP contribution is 2.10. The Kier molecular flexibility index (Phi) is 15.9. The molecule has 1 N–H and O–H groups in total. The van der Waals surface area contributed by atoms with E-state index in [2.05, 4.69) is 31.2 Å². The topological polar surface area (TPSA) is 15.3 Å². The summed E-state index contributed by atoms with van der Waals surface area (Å²) in [5.41, 5.74) is 0. The van der Waals surface area contributed by atoms with Crippen molar-refractivity contribution >= 4 is 0 Å². The lowest BCUT2D eigenvalue weighted by Gasteiger charge is -2.10. The molecule has 2 heteroatoms. The van der Waals surface area contributed by atoms with Gasteiger partial charge in [-0.3, -0.25) is 0 Å². The van der Waals surface area contributed by atoms with Crippen LogP contribution >= 0.6 is 0 Å². The van der Waals surface area contributed by atoms with Crippen LogP contribution in [0.5, 0.6) is 0 Å². The second-order valence-electron chi connectivity index (χ2n) is 6.09. The van der Waals surface area contributed by atoms with Crippen LogP contribution in [0.25, 0.3) is 0 Å². The van der Waals surface area contributed by atoms with Crippen molar-refractivity contribution in [3.05, 3.63) is 0 Å². The Morgan fingerprint density at radius 1 is 0.632 bits per heavy atom. The van der Waals surface area contributed by atoms with E-state index in [1.165, 1.54) is 77.2 Å². The minimum absolute atomic E-state index is 1.13. The summed E-state index contributed by atoms with van der Waals surface area (Å²) in [6.45, 7) is 5.77. The molecule has 0 radical (unpaired) electrons. The van der Waals surface area contributed by atoms with Gasteiger partial charge in [0.1, 0.15) is 0 Å². The molecule has 0 heterocycles. The summed E-state index contributed by atoms with van der Waals surface area (Å²) in [6.07, 6.45) is 15.7. The molecule has 0 aliphatic rings. The second-order valence-corrected chi connectivity index (χ2v) is 6.09. The van der Waals surface area contributed by atoms with Crippen LogP contribution < -0.4 is 5.32 Å². The highest BCUT2D eigenvalue weighted by molar-refractivity contribution is 4.52. The van der Waals surface area contributed by atoms with E-state index < -0.39 is 0 Å². The van der Waals surface area contributed by atoms with E-state index in [9.17, 15) is 0 Å². The molecule has 0 aliphatic heterocycles. The number of unbranched alkanes of at least 4 members (excludes halogenated alkanes) is 10. The Morgan fingerprint density at radius 3 is 1.58 bits per heavy atom. The van der Waals surface area contributed by atoms with Crippen molar-refractivity contribution in [2.24, 2.45) is 0 Å². The first-order valence-corrected chi connectivity index (χ1v) is 8.62. The van der Waals surface area contributed by atoms with E-state index in [0.29, 0.717) is 0 Å². The first-order chi connectivity index (χ1) is 9.27. The van der Waals surface area contributed by atoms with Gasteiger partial charge < -0.3 is 10.2 Å². The Bertz CT molecular complexity index is 157. The lowest BCUT2D eigenvalue weighted by Crippen LogP contribution is -2.27. The predicted molar refractivity (Wildman–Crippen MR) is 87.9 cm³/mol. The molecule has 0 aromatic carbocycles. The van der Waals surface area contributed by atoms with Gasteiger partial charge >= 0.3 is 0 Å². The molecule has 0 aromatic rings. The molecule has 0 bridgehead atoms. The van der Waals surface area contributed by atoms with E-state index in [1.54, 1.807) is 0 Å². The third-order valence-electron chi connectivity index (χ3n) is 3.69. The molecule has 0 atom stereocenters. The lowest BCUT2D eigenvalue weighted by atomic mass is 10.1. The first-order valence-electron chi connectivity index (χ1n) is 8.62. The lowest BCUT2D eigenvalue weighted by molar-refractivity contribution is 0.398. The van der Waals surface area contributed by atoms with Crippen molar-refractivity contribution in [3.8, 4) is 0 Å². The standard InChI is InChI=1S/C17H38N2/c1-4-5-6-7-8-9-10-11-12-13-14-15-18-16-17-19(2)3/h18H,4-17H2,1-3H3. The average molecular weight is 271 g/mol. The van der Waals surface area contributed by atoms with Crippen molar-refractivity contribution in [3.63, 3.8) is 0 Å². The number of nitrogens with zero attached hydrogens (tertiary/aromatic N) is 1. The van der Waals surface area contributed by atoms with Gasteiger partial charge in [-0.25, -0.2) is 0 Å². The second kappa shape index (κ2) is 16.0. The van der Waals surface area contributed by atoms with Crippen LogP contribution in [0.2, 0.25) is 0 Å². The molecule has 0 saturated heterocycles. The van der Waals surface area contributed by atoms with Gasteiger partial charge in [0.25, 0.3) is 0 Å². The molecule has 0 amide bonds. The summed E-state index contributed by atoms with van der Waals surface area (Å²) in [6, 6.07) is 0. The summed E-state index contributed by atoms with van der Waals surface area (Å²) in [5.74, 6) is 0. The smallest absolute Gasteiger partial charge is 0.0101 e. The summed E-state index contributed by atoms with van der Waals surface area (Å²) in [5, 5.41) is 3.51. The maximum atomic E-state index is 3.51. The van der Waals surface area contributed by atoms with Crippen LogP contribution in [-0.4, -0.2) is 38.6 Å². The van der Waals surface area contributed by atoms with Gasteiger partial charge in [0, 0.05) is 13.1 Å². The monoisotopic (exact) mass is 270 g/mol. The molecule has 0 saturated carbocycles. The molecular weight excluding hydrogens is 232 g/mol. The molecule has 19 heavy (non-hydrogen) atoms. The van der Waals surface area contributed by atoms with E-state index in [-0.39, 0.29) is 0 Å². The zero-order valence-electron chi connectivity index (χ0n) is 13.8. The van der Waals surface area contributed by atoms with Crippen molar-refractivity contribution in [1.29, 1.82) is 0 Å². The number of rotatable bonds is 15. The average Bonchev–Trinajstić information content (AvgIpc) is 2.39. The molecule has 0 rings (SSSR count). The van der Waals surface area contributed by atoms with Gasteiger partial charge in [-0.15, -0.1) is 0 Å². The van der Waals surface area contributed by atoms with Gasteiger partial charge in [0.05, 0.1) is 0 Å². The van der Waals surface area contributed by atoms with Gasteiger partial charge in [0.2, 0.25) is 0 Å². The minimum Gasteiger partial charge on any atom is -0.315 e. The highest BCUT2D eigenvalue weighted by Gasteiger charge is 1.93. The van der Waals surface area contributed by atoms with E-state index >= 15 is 0 Å². The zero-order valence-corrected chi connectivity index (χ0v) is 13.8. The maximum absolute atomic E-state index is 3.51. The fourth-order valence-corrected chi connectivity index (χ4v) is 2.34. The van der Waals surface area contributed by atoms with E-state index in [4.69, 9.17) is 0 Å². The number of likely N-dealkylation sites (N-methyl/N-ethyl adjacent to an activating group) is 1. The number of hydrogen-bond acceptors (Lipinski definition) is 2. The van der Waals surface area contributed by atoms with E-state index in [1.807, 2.05) is 0 Å². The van der Waals surface area contributed by atoms with Crippen molar-refractivity contribution in [2.75, 3.05) is 33.7 Å². The molecule has 2 nitrogen and oxygen atoms in total. The molecule has 0 aromatic heterocycles. The quantitative estimate of drug-likeness (QED) is 0.442. The number of hydrogen-bond donors (Lipinski definition) is 1. The predicted octanol–water partition coefficient (Wildman–Crippen LogP) is 4.45. The van der Waals surface area contributed by atoms with Gasteiger partial charge in [-0.1, -0.05) is 71.1 Å². The molecule has 0 unspecified atom stereocenters. The minimum atomic E-state index is 1.13. The van der Waals surface area contributed by atoms with E-state index in [0.717, 1.165) is 13.1 Å². The number of nitrogens with one attached hydrogen (secondary N) is 1. The van der Waals surface area contributed by atoms with Gasteiger partial charge in [-0.2, -0.15) is 0 Å². The summed E-state index contributed by atoms with van der Waals surface area (Å²) in [4.78, 5) is 2.23. The maximum Gasteiger partial charge on any atom is 0.0101 e. The Labute approximate surface area is 122 Å². The summed E-state index contributed by atoms with van der Waals surface area (Å²) >= 11 is 0. The summed E-state index contributed by atoms with van der Waals surface area (Å²) in [7, 11) is 4.26. The van der Waals surface area contributed by atoms with Crippen LogP contribution in [-0.2, 0) is 0 Å². The third-order valence-corrected chi connectivity index (χ3v) is 3.69.